The predicted molar refractivity (Wildman–Crippen MR) is 349 cm³/mol. The van der Waals surface area contributed by atoms with Crippen molar-refractivity contribution in [2.45, 2.75) is 350 Å². The van der Waals surface area contributed by atoms with Gasteiger partial charge in [0.25, 0.3) is 0 Å². The van der Waals surface area contributed by atoms with E-state index in [2.05, 4.69) is 55.4 Å². The Kier molecular flexibility index (Phi) is 56.6. The summed E-state index contributed by atoms with van der Waals surface area (Å²) in [5.41, 5.74) is 0. The van der Waals surface area contributed by atoms with Gasteiger partial charge in [0.15, 0.2) is 12.2 Å². The lowest BCUT2D eigenvalue weighted by Crippen LogP contribution is -2.30. The van der Waals surface area contributed by atoms with Crippen LogP contribution in [0.15, 0.2) is 0 Å². The zero-order valence-electron chi connectivity index (χ0n) is 56.6. The van der Waals surface area contributed by atoms with E-state index < -0.39 is 97.5 Å². The lowest BCUT2D eigenvalue weighted by atomic mass is 10.00. The van der Waals surface area contributed by atoms with Gasteiger partial charge in [0.2, 0.25) is 0 Å². The fraction of sp³-hybridized carbons (Fsp3) is 0.941. The highest BCUT2D eigenvalue weighted by atomic mass is 31.2. The fourth-order valence-electron chi connectivity index (χ4n) is 10.1. The molecule has 3 N–H and O–H groups in total. The largest absolute Gasteiger partial charge is 0.472 e. The highest BCUT2D eigenvalue weighted by molar-refractivity contribution is 7.47. The Morgan fingerprint density at radius 1 is 0.322 bits per heavy atom. The number of esters is 4. The summed E-state index contributed by atoms with van der Waals surface area (Å²) in [4.78, 5) is 72.4. The van der Waals surface area contributed by atoms with Crippen molar-refractivity contribution < 1.29 is 80.2 Å². The molecule has 0 bridgehead atoms. The first-order valence-corrected chi connectivity index (χ1v) is 38.3. The lowest BCUT2D eigenvalue weighted by Gasteiger charge is -2.21. The molecule has 516 valence electrons. The molecule has 0 saturated heterocycles. The summed E-state index contributed by atoms with van der Waals surface area (Å²) in [5.74, 6) is 0.839. The van der Waals surface area contributed by atoms with Gasteiger partial charge >= 0.3 is 39.5 Å². The summed E-state index contributed by atoms with van der Waals surface area (Å²) in [6, 6.07) is 0. The first-order chi connectivity index (χ1) is 41.7. The van der Waals surface area contributed by atoms with E-state index in [0.29, 0.717) is 25.7 Å². The number of phosphoric ester groups is 2. The molecular formula is C68H132O17P2. The van der Waals surface area contributed by atoms with Gasteiger partial charge in [-0.2, -0.15) is 0 Å². The Balaban J connectivity index is 5.25. The van der Waals surface area contributed by atoms with Crippen LogP contribution in [0.4, 0.5) is 0 Å². The Bertz CT molecular complexity index is 1730. The minimum atomic E-state index is -4.95. The van der Waals surface area contributed by atoms with Crippen LogP contribution < -0.4 is 0 Å². The number of aliphatic hydroxyl groups is 1. The van der Waals surface area contributed by atoms with Crippen LogP contribution in [0, 0.1) is 23.7 Å². The number of ether oxygens (including phenoxy) is 4. The summed E-state index contributed by atoms with van der Waals surface area (Å²) in [6.07, 6.45) is 39.0. The predicted octanol–water partition coefficient (Wildman–Crippen LogP) is 18.9. The minimum absolute atomic E-state index is 0.102. The number of carbonyl (C=O) groups excluding carboxylic acids is 4. The molecule has 0 spiro atoms. The van der Waals surface area contributed by atoms with Crippen molar-refractivity contribution in [2.75, 3.05) is 39.6 Å². The molecule has 17 nitrogen and oxygen atoms in total. The third kappa shape index (κ3) is 60.1. The molecule has 87 heavy (non-hydrogen) atoms. The fourth-order valence-corrected chi connectivity index (χ4v) is 11.7. The maximum absolute atomic E-state index is 13.0. The zero-order valence-corrected chi connectivity index (χ0v) is 58.4. The second-order valence-electron chi connectivity index (χ2n) is 26.0. The standard InChI is InChI=1S/C68H132O17P2/c1-9-60(7)46-38-30-24-26-33-41-49-66(71)79-55-63(84-67(72)50-42-34-23-19-15-14-17-21-29-37-45-59(5)6)56-82-86(74,75)80-52-62(69)53-81-87(76,77)83-57-64(85-68(73)51-43-35-27-25-31-39-47-61(8)10-2)54-78-65(70)48-40-32-22-18-13-11-12-16-20-28-36-44-58(3)4/h58-64,69H,9-57H2,1-8H3,(H,74,75)(H,76,77)/t60?,61?,62-,63+,64+/m0/s1. The van der Waals surface area contributed by atoms with E-state index >= 15 is 0 Å². The number of rotatable bonds is 65. The van der Waals surface area contributed by atoms with E-state index in [1.165, 1.54) is 128 Å². The molecule has 0 aliphatic heterocycles. The van der Waals surface area contributed by atoms with Crippen LogP contribution in [0.3, 0.4) is 0 Å². The van der Waals surface area contributed by atoms with E-state index in [-0.39, 0.29) is 25.7 Å². The smallest absolute Gasteiger partial charge is 0.462 e. The van der Waals surface area contributed by atoms with Gasteiger partial charge in [0, 0.05) is 25.7 Å². The van der Waals surface area contributed by atoms with Gasteiger partial charge in [0.05, 0.1) is 26.4 Å². The molecule has 0 heterocycles. The number of phosphoric acid groups is 2. The number of aliphatic hydroxyl groups excluding tert-OH is 1. The van der Waals surface area contributed by atoms with E-state index in [9.17, 15) is 43.2 Å². The van der Waals surface area contributed by atoms with Gasteiger partial charge in [-0.05, 0) is 49.4 Å². The van der Waals surface area contributed by atoms with Gasteiger partial charge < -0.3 is 33.8 Å². The summed E-state index contributed by atoms with van der Waals surface area (Å²) in [5, 5.41) is 10.6. The monoisotopic (exact) mass is 1280 g/mol. The third-order valence-electron chi connectivity index (χ3n) is 16.3. The molecule has 0 aromatic heterocycles. The molecule has 0 amide bonds. The third-order valence-corrected chi connectivity index (χ3v) is 18.2. The van der Waals surface area contributed by atoms with Crippen molar-refractivity contribution in [1.82, 2.24) is 0 Å². The van der Waals surface area contributed by atoms with Gasteiger partial charge in [-0.3, -0.25) is 37.3 Å². The number of carbonyl (C=O) groups is 4. The summed E-state index contributed by atoms with van der Waals surface area (Å²) in [6.45, 7) is 14.0. The molecule has 4 unspecified atom stereocenters. The molecule has 0 aromatic rings. The highest BCUT2D eigenvalue weighted by Crippen LogP contribution is 2.45. The normalized spacial score (nSPS) is 15.0. The summed E-state index contributed by atoms with van der Waals surface area (Å²) < 4.78 is 68.2. The van der Waals surface area contributed by atoms with Crippen molar-refractivity contribution in [3.05, 3.63) is 0 Å². The molecule has 0 aliphatic rings. The topological polar surface area (TPSA) is 237 Å². The SMILES string of the molecule is CCC(C)CCCCCCCCC(=O)OC[C@H](COP(=O)(O)OC[C@H](O)COP(=O)(O)OC[C@@H](COC(=O)CCCCCCCCCCCCCC(C)C)OC(=O)CCCCCCCCC(C)CC)OC(=O)CCCCCCCCCCCCC(C)C. The maximum Gasteiger partial charge on any atom is 0.472 e. The van der Waals surface area contributed by atoms with Crippen molar-refractivity contribution in [3.63, 3.8) is 0 Å². The molecule has 0 rings (SSSR count). The quantitative estimate of drug-likeness (QED) is 0.0222. The van der Waals surface area contributed by atoms with Gasteiger partial charge in [-0.15, -0.1) is 0 Å². The highest BCUT2D eigenvalue weighted by Gasteiger charge is 2.30. The van der Waals surface area contributed by atoms with E-state index in [0.717, 1.165) is 120 Å². The molecular weight excluding hydrogens is 1150 g/mol. The maximum atomic E-state index is 13.0. The van der Waals surface area contributed by atoms with Gasteiger partial charge in [-0.25, -0.2) is 9.13 Å². The van der Waals surface area contributed by atoms with Crippen LogP contribution in [0.2, 0.25) is 0 Å². The van der Waals surface area contributed by atoms with Gasteiger partial charge in [0.1, 0.15) is 19.3 Å². The lowest BCUT2D eigenvalue weighted by molar-refractivity contribution is -0.161. The number of hydrogen-bond acceptors (Lipinski definition) is 15. The first kappa shape index (κ1) is 85.1. The average molecular weight is 1280 g/mol. The molecule has 19 heteroatoms. The molecule has 0 fully saturated rings. The summed E-state index contributed by atoms with van der Waals surface area (Å²) >= 11 is 0. The second kappa shape index (κ2) is 57.9. The van der Waals surface area contributed by atoms with Crippen molar-refractivity contribution in [2.24, 2.45) is 23.7 Å². The van der Waals surface area contributed by atoms with Crippen molar-refractivity contribution in [3.8, 4) is 0 Å². The number of unbranched alkanes of at least 4 members (excludes halogenated alkanes) is 29. The Labute approximate surface area is 530 Å². The van der Waals surface area contributed by atoms with E-state index in [1.807, 2.05) is 0 Å². The Hall–Kier alpha value is -1.94. The van der Waals surface area contributed by atoms with Crippen molar-refractivity contribution >= 4 is 39.5 Å². The Morgan fingerprint density at radius 3 is 0.816 bits per heavy atom. The number of hydrogen-bond donors (Lipinski definition) is 3. The summed E-state index contributed by atoms with van der Waals surface area (Å²) in [7, 11) is -9.90. The minimum Gasteiger partial charge on any atom is -0.462 e. The van der Waals surface area contributed by atoms with Crippen molar-refractivity contribution in [1.29, 1.82) is 0 Å². The second-order valence-corrected chi connectivity index (χ2v) is 28.9. The molecule has 0 radical (unpaired) electrons. The molecule has 0 aromatic carbocycles. The van der Waals surface area contributed by atoms with E-state index in [1.54, 1.807) is 0 Å². The van der Waals surface area contributed by atoms with Crippen LogP contribution >= 0.6 is 15.6 Å². The van der Waals surface area contributed by atoms with Crippen LogP contribution in [0.1, 0.15) is 331 Å². The molecule has 7 atom stereocenters. The zero-order chi connectivity index (χ0) is 64.7. The average Bonchev–Trinajstić information content (AvgIpc) is 3.69. The first-order valence-electron chi connectivity index (χ1n) is 35.3. The van der Waals surface area contributed by atoms with Crippen LogP contribution in [-0.4, -0.2) is 96.7 Å². The Morgan fingerprint density at radius 2 is 0.552 bits per heavy atom. The van der Waals surface area contributed by atoms with E-state index in [4.69, 9.17) is 37.0 Å². The van der Waals surface area contributed by atoms with Crippen LogP contribution in [0.5, 0.6) is 0 Å². The molecule has 0 aliphatic carbocycles. The van der Waals surface area contributed by atoms with Crippen LogP contribution in [0.25, 0.3) is 0 Å². The van der Waals surface area contributed by atoms with Gasteiger partial charge in [-0.1, -0.05) is 280 Å². The molecule has 0 saturated carbocycles. The van der Waals surface area contributed by atoms with Crippen LogP contribution in [-0.2, 0) is 65.4 Å².